The maximum absolute atomic E-state index is 11.7. The van der Waals surface area contributed by atoms with Crippen molar-refractivity contribution in [3.8, 4) is 11.5 Å². The molecule has 1 saturated heterocycles. The van der Waals surface area contributed by atoms with Gasteiger partial charge in [0, 0.05) is 36.8 Å². The predicted molar refractivity (Wildman–Crippen MR) is 130 cm³/mol. The van der Waals surface area contributed by atoms with Crippen LogP contribution < -0.4 is 9.47 Å². The van der Waals surface area contributed by atoms with Gasteiger partial charge in [-0.15, -0.1) is 0 Å². The number of carbonyl (C=O) groups excluding carboxylic acids is 2. The molecule has 2 aliphatic heterocycles. The Bertz CT molecular complexity index is 967. The molecule has 0 N–H and O–H groups in total. The van der Waals surface area contributed by atoms with E-state index in [0.717, 1.165) is 24.9 Å². The van der Waals surface area contributed by atoms with E-state index in [2.05, 4.69) is 49.8 Å². The van der Waals surface area contributed by atoms with Crippen LogP contribution in [-0.2, 0) is 26.2 Å². The number of benzene rings is 1. The van der Waals surface area contributed by atoms with E-state index in [1.165, 1.54) is 39.0 Å². The fourth-order valence-corrected chi connectivity index (χ4v) is 6.41. The van der Waals surface area contributed by atoms with Crippen LogP contribution in [-0.4, -0.2) is 73.2 Å². The number of nitrogens with zero attached hydrogens (tertiary/aromatic N) is 2. The van der Waals surface area contributed by atoms with Crippen molar-refractivity contribution in [3.05, 3.63) is 35.4 Å². The van der Waals surface area contributed by atoms with Gasteiger partial charge in [-0.25, -0.2) is 0 Å². The third kappa shape index (κ3) is 4.03. The lowest BCUT2D eigenvalue weighted by Crippen LogP contribution is -2.65. The van der Waals surface area contributed by atoms with E-state index in [9.17, 15) is 9.59 Å². The normalized spacial score (nSPS) is 30.1. The zero-order valence-electron chi connectivity index (χ0n) is 21.3. The number of hydrogen-bond acceptors (Lipinski definition) is 7. The molecule has 0 amide bonds. The number of piperidine rings is 1. The van der Waals surface area contributed by atoms with Crippen molar-refractivity contribution in [1.82, 2.24) is 9.80 Å². The van der Waals surface area contributed by atoms with Gasteiger partial charge in [0.2, 0.25) is 0 Å². The van der Waals surface area contributed by atoms with Crippen LogP contribution in [0, 0.1) is 5.92 Å². The van der Waals surface area contributed by atoms with Crippen LogP contribution in [0.1, 0.15) is 52.2 Å². The highest BCUT2D eigenvalue weighted by atomic mass is 16.6. The van der Waals surface area contributed by atoms with Gasteiger partial charge in [0.15, 0.2) is 17.6 Å². The molecule has 0 radical (unpaired) electrons. The second kappa shape index (κ2) is 9.70. The lowest BCUT2D eigenvalue weighted by Gasteiger charge is -2.56. The highest BCUT2D eigenvalue weighted by molar-refractivity contribution is 5.73. The minimum atomic E-state index is -0.439. The van der Waals surface area contributed by atoms with Crippen LogP contribution >= 0.6 is 0 Å². The summed E-state index contributed by atoms with van der Waals surface area (Å²) in [4.78, 5) is 28.1. The average Bonchev–Trinajstić information content (AvgIpc) is 3.15. The molecule has 1 aromatic rings. The summed E-state index contributed by atoms with van der Waals surface area (Å²) in [7, 11) is 2.17. The molecule has 0 aromatic heterocycles. The largest absolute Gasteiger partial charge is 0.481 e. The maximum Gasteiger partial charge on any atom is 0.308 e. The van der Waals surface area contributed by atoms with Crippen LogP contribution in [0.15, 0.2) is 24.3 Å². The van der Waals surface area contributed by atoms with E-state index in [1.54, 1.807) is 0 Å². The first-order valence-electron chi connectivity index (χ1n) is 12.6. The highest BCUT2D eigenvalue weighted by Gasteiger charge is 2.65. The molecule has 5 rings (SSSR count). The summed E-state index contributed by atoms with van der Waals surface area (Å²) in [5.41, 5.74) is 2.15. The number of esters is 2. The van der Waals surface area contributed by atoms with Gasteiger partial charge in [0.05, 0.1) is 0 Å². The van der Waals surface area contributed by atoms with E-state index >= 15 is 0 Å². The number of hydrogen-bond donors (Lipinski definition) is 0. The third-order valence-corrected chi connectivity index (χ3v) is 8.01. The highest BCUT2D eigenvalue weighted by Crippen LogP contribution is 2.62. The quantitative estimate of drug-likeness (QED) is 0.371. The van der Waals surface area contributed by atoms with Gasteiger partial charge in [-0.05, 0) is 63.8 Å². The molecule has 34 heavy (non-hydrogen) atoms. The summed E-state index contributed by atoms with van der Waals surface area (Å²) < 4.78 is 17.5. The minimum Gasteiger partial charge on any atom is -0.481 e. The van der Waals surface area contributed by atoms with Gasteiger partial charge >= 0.3 is 11.9 Å². The van der Waals surface area contributed by atoms with E-state index < -0.39 is 6.10 Å². The SMILES string of the molecule is CC(=O)Oc1ccc2c3c1O[C@H]1[C@@H](OC(C)=O)C=C[C@H]4[C@@H](C2)N(C)CC[C@@]341.CCN(CC)CC. The molecule has 1 aromatic carbocycles. The first-order valence-corrected chi connectivity index (χ1v) is 12.6. The molecule has 0 saturated carbocycles. The summed E-state index contributed by atoms with van der Waals surface area (Å²) in [5.74, 6) is 0.712. The Balaban J connectivity index is 0.000000344. The zero-order chi connectivity index (χ0) is 24.6. The maximum atomic E-state index is 11.7. The van der Waals surface area contributed by atoms with Gasteiger partial charge in [-0.3, -0.25) is 9.59 Å². The van der Waals surface area contributed by atoms with Crippen molar-refractivity contribution in [2.24, 2.45) is 5.92 Å². The van der Waals surface area contributed by atoms with Crippen LogP contribution in [0.25, 0.3) is 0 Å². The number of ether oxygens (including phenoxy) is 3. The van der Waals surface area contributed by atoms with Crippen molar-refractivity contribution >= 4 is 11.9 Å². The van der Waals surface area contributed by atoms with Crippen molar-refractivity contribution in [2.45, 2.75) is 71.1 Å². The van der Waals surface area contributed by atoms with Crippen molar-refractivity contribution in [2.75, 3.05) is 33.2 Å². The van der Waals surface area contributed by atoms with Crippen LogP contribution in [0.4, 0.5) is 0 Å². The average molecular weight is 471 g/mol. The second-order valence-corrected chi connectivity index (χ2v) is 9.71. The minimum absolute atomic E-state index is 0.245. The van der Waals surface area contributed by atoms with E-state index in [1.807, 2.05) is 12.1 Å². The van der Waals surface area contributed by atoms with E-state index in [-0.39, 0.29) is 29.4 Å². The summed E-state index contributed by atoms with van der Waals surface area (Å²) in [6, 6.07) is 4.28. The van der Waals surface area contributed by atoms with Crippen LogP contribution in [0.2, 0.25) is 0 Å². The van der Waals surface area contributed by atoms with Crippen LogP contribution in [0.5, 0.6) is 11.5 Å². The zero-order valence-corrected chi connectivity index (χ0v) is 21.3. The Kier molecular flexibility index (Phi) is 7.06. The molecule has 0 unspecified atom stereocenters. The molecule has 5 atom stereocenters. The summed E-state index contributed by atoms with van der Waals surface area (Å²) >= 11 is 0. The lowest BCUT2D eigenvalue weighted by molar-refractivity contribution is -0.152. The van der Waals surface area contributed by atoms with Gasteiger partial charge in [0.25, 0.3) is 0 Å². The molecular formula is C27H38N2O5. The van der Waals surface area contributed by atoms with Gasteiger partial charge in [0.1, 0.15) is 6.10 Å². The Morgan fingerprint density at radius 2 is 1.82 bits per heavy atom. The van der Waals surface area contributed by atoms with Gasteiger partial charge in [-0.1, -0.05) is 32.9 Å². The molecule has 1 fully saturated rings. The van der Waals surface area contributed by atoms with Gasteiger partial charge in [-0.2, -0.15) is 0 Å². The predicted octanol–water partition coefficient (Wildman–Crippen LogP) is 3.34. The topological polar surface area (TPSA) is 68.3 Å². The monoisotopic (exact) mass is 470 g/mol. The first kappa shape index (κ1) is 24.7. The Morgan fingerprint density at radius 1 is 1.12 bits per heavy atom. The first-order chi connectivity index (χ1) is 16.3. The molecule has 2 aliphatic carbocycles. The van der Waals surface area contributed by atoms with Crippen molar-refractivity contribution in [1.29, 1.82) is 0 Å². The fraction of sp³-hybridized carbons (Fsp3) is 0.630. The second-order valence-electron chi connectivity index (χ2n) is 9.71. The number of carbonyl (C=O) groups is 2. The van der Waals surface area contributed by atoms with E-state index in [4.69, 9.17) is 14.2 Å². The smallest absolute Gasteiger partial charge is 0.308 e. The summed E-state index contributed by atoms with van der Waals surface area (Å²) in [5, 5.41) is 0. The fourth-order valence-electron chi connectivity index (χ4n) is 6.41. The lowest BCUT2D eigenvalue weighted by atomic mass is 9.53. The van der Waals surface area contributed by atoms with Crippen molar-refractivity contribution < 1.29 is 23.8 Å². The van der Waals surface area contributed by atoms with Crippen molar-refractivity contribution in [3.63, 3.8) is 0 Å². The summed E-state index contributed by atoms with van der Waals surface area (Å²) in [6.07, 6.45) is 5.31. The standard InChI is InChI=1S/C21H23NO5.C6H15N/c1-11(23)25-16-6-4-13-10-15-14-5-7-17(26-12(2)24)20-21(14,8-9-22(15)3)18(13)19(16)27-20;1-4-7(5-2)6-3/h4-7,14-15,17,20H,8-10H2,1-3H3;4-6H2,1-3H3/t14-,15+,17-,20-,21-;/m0./s1. The molecule has 7 nitrogen and oxygen atoms in total. The molecule has 4 aliphatic rings. The molecule has 2 heterocycles. The van der Waals surface area contributed by atoms with Gasteiger partial charge < -0.3 is 24.0 Å². The number of likely N-dealkylation sites (tertiary alicyclic amines) is 1. The Hall–Kier alpha value is -2.38. The Labute approximate surface area is 203 Å². The summed E-state index contributed by atoms with van der Waals surface area (Å²) in [6.45, 7) is 13.9. The number of likely N-dealkylation sites (N-methyl/N-ethyl adjacent to an activating group) is 1. The molecule has 1 spiro atoms. The molecule has 7 heteroatoms. The third-order valence-electron chi connectivity index (χ3n) is 8.01. The molecular weight excluding hydrogens is 432 g/mol. The van der Waals surface area contributed by atoms with Crippen LogP contribution in [0.3, 0.4) is 0 Å². The Morgan fingerprint density at radius 3 is 2.41 bits per heavy atom. The molecule has 186 valence electrons. The molecule has 2 bridgehead atoms. The number of rotatable bonds is 5. The van der Waals surface area contributed by atoms with E-state index in [0.29, 0.717) is 17.5 Å².